The molecule has 0 aromatic carbocycles. The predicted molar refractivity (Wildman–Crippen MR) is 48.6 cm³/mol. The lowest BCUT2D eigenvalue weighted by atomic mass is 10.1. The van der Waals surface area contributed by atoms with Gasteiger partial charge in [0.25, 0.3) is 0 Å². The molecule has 1 heterocycles. The van der Waals surface area contributed by atoms with Crippen molar-refractivity contribution in [3.05, 3.63) is 0 Å². The lowest BCUT2D eigenvalue weighted by Gasteiger charge is -2.13. The molecule has 0 aliphatic carbocycles. The van der Waals surface area contributed by atoms with E-state index in [1.54, 1.807) is 0 Å². The summed E-state index contributed by atoms with van der Waals surface area (Å²) in [4.78, 5) is 24.0. The Hall–Kier alpha value is -1.10. The highest BCUT2D eigenvalue weighted by molar-refractivity contribution is 5.74. The molecule has 1 atom stereocenters. The molecule has 1 rings (SSSR count). The van der Waals surface area contributed by atoms with Crippen LogP contribution in [0.5, 0.6) is 0 Å². The molecule has 5 nitrogen and oxygen atoms in total. The van der Waals surface area contributed by atoms with Gasteiger partial charge in [-0.1, -0.05) is 0 Å². The molecule has 0 saturated carbocycles. The Morgan fingerprint density at radius 1 is 1.36 bits per heavy atom. The van der Waals surface area contributed by atoms with E-state index in [2.05, 4.69) is 9.47 Å². The van der Waals surface area contributed by atoms with Crippen LogP contribution in [0.25, 0.3) is 0 Å². The fourth-order valence-electron chi connectivity index (χ4n) is 1.58. The van der Waals surface area contributed by atoms with Gasteiger partial charge in [-0.25, -0.2) is 0 Å². The van der Waals surface area contributed by atoms with Gasteiger partial charge in [0.05, 0.1) is 26.7 Å². The number of hydrogen-bond donors (Lipinski definition) is 0. The van der Waals surface area contributed by atoms with Crippen molar-refractivity contribution >= 4 is 11.9 Å². The molecule has 1 saturated heterocycles. The van der Waals surface area contributed by atoms with Crippen LogP contribution < -0.4 is 0 Å². The molecule has 0 spiro atoms. The van der Waals surface area contributed by atoms with Gasteiger partial charge in [-0.15, -0.1) is 0 Å². The highest BCUT2D eigenvalue weighted by atomic mass is 16.5. The van der Waals surface area contributed by atoms with Crippen molar-refractivity contribution in [3.63, 3.8) is 0 Å². The quantitative estimate of drug-likeness (QED) is 0.584. The summed E-state index contributed by atoms with van der Waals surface area (Å²) in [6.07, 6.45) is 0.754. The third-order valence-corrected chi connectivity index (χ3v) is 2.39. The lowest BCUT2D eigenvalue weighted by molar-refractivity contribution is -0.146. The first kappa shape index (κ1) is 11.0. The number of esters is 2. The van der Waals surface area contributed by atoms with Crippen LogP contribution in [0.15, 0.2) is 0 Å². The molecule has 0 aromatic rings. The van der Waals surface area contributed by atoms with E-state index in [1.807, 2.05) is 4.90 Å². The van der Waals surface area contributed by atoms with Crippen molar-refractivity contribution in [2.45, 2.75) is 6.42 Å². The van der Waals surface area contributed by atoms with Gasteiger partial charge < -0.3 is 9.47 Å². The van der Waals surface area contributed by atoms with Crippen LogP contribution in [-0.2, 0) is 19.1 Å². The number of likely N-dealkylation sites (tertiary alicyclic amines) is 1. The highest BCUT2D eigenvalue weighted by Crippen LogP contribution is 2.16. The molecule has 0 bridgehead atoms. The zero-order chi connectivity index (χ0) is 10.6. The molecule has 0 unspecified atom stereocenters. The first-order valence-corrected chi connectivity index (χ1v) is 4.54. The maximum atomic E-state index is 11.1. The van der Waals surface area contributed by atoms with E-state index in [1.165, 1.54) is 14.2 Å². The van der Waals surface area contributed by atoms with Crippen LogP contribution in [0.1, 0.15) is 6.42 Å². The standard InChI is InChI=1S/C9H15NO4/c1-13-8(11)6-10-4-3-7(5-10)9(12)14-2/h7H,3-6H2,1-2H3/t7-/m0/s1. The minimum absolute atomic E-state index is 0.0929. The number of rotatable bonds is 3. The Balaban J connectivity index is 2.34. The zero-order valence-electron chi connectivity index (χ0n) is 8.49. The monoisotopic (exact) mass is 201 g/mol. The minimum atomic E-state index is -0.268. The van der Waals surface area contributed by atoms with E-state index >= 15 is 0 Å². The van der Waals surface area contributed by atoms with Gasteiger partial charge in [0.15, 0.2) is 0 Å². The average molecular weight is 201 g/mol. The Labute approximate surface area is 83.0 Å². The van der Waals surface area contributed by atoms with Crippen LogP contribution in [0.2, 0.25) is 0 Å². The third kappa shape index (κ3) is 2.70. The van der Waals surface area contributed by atoms with Gasteiger partial charge in [-0.05, 0) is 13.0 Å². The summed E-state index contributed by atoms with van der Waals surface area (Å²) in [6, 6.07) is 0. The summed E-state index contributed by atoms with van der Waals surface area (Å²) in [5, 5.41) is 0. The summed E-state index contributed by atoms with van der Waals surface area (Å²) < 4.78 is 9.17. The van der Waals surface area contributed by atoms with Crippen LogP contribution in [0, 0.1) is 5.92 Å². The van der Waals surface area contributed by atoms with Crippen LogP contribution in [0.4, 0.5) is 0 Å². The van der Waals surface area contributed by atoms with E-state index in [-0.39, 0.29) is 24.4 Å². The van der Waals surface area contributed by atoms with Crippen molar-refractivity contribution in [1.29, 1.82) is 0 Å². The molecule has 1 aliphatic heterocycles. The second-order valence-electron chi connectivity index (χ2n) is 3.32. The Kier molecular flexibility index (Phi) is 3.88. The van der Waals surface area contributed by atoms with Gasteiger partial charge in [0.1, 0.15) is 0 Å². The van der Waals surface area contributed by atoms with Gasteiger partial charge >= 0.3 is 11.9 Å². The van der Waals surface area contributed by atoms with E-state index < -0.39 is 0 Å². The summed E-state index contributed by atoms with van der Waals surface area (Å²) in [5.41, 5.74) is 0. The Morgan fingerprint density at radius 3 is 2.64 bits per heavy atom. The summed E-state index contributed by atoms with van der Waals surface area (Å²) >= 11 is 0. The Bertz CT molecular complexity index is 229. The molecule has 0 aromatic heterocycles. The van der Waals surface area contributed by atoms with Gasteiger partial charge in [0, 0.05) is 6.54 Å². The Morgan fingerprint density at radius 2 is 2.07 bits per heavy atom. The van der Waals surface area contributed by atoms with Crippen molar-refractivity contribution in [3.8, 4) is 0 Å². The minimum Gasteiger partial charge on any atom is -0.469 e. The number of nitrogens with zero attached hydrogens (tertiary/aromatic N) is 1. The van der Waals surface area contributed by atoms with Gasteiger partial charge in [-0.3, -0.25) is 14.5 Å². The smallest absolute Gasteiger partial charge is 0.319 e. The number of ether oxygens (including phenoxy) is 2. The molecule has 0 radical (unpaired) electrons. The number of carbonyl (C=O) groups is 2. The number of methoxy groups -OCH3 is 2. The summed E-state index contributed by atoms with van der Waals surface area (Å²) in [5.74, 6) is -0.558. The van der Waals surface area contributed by atoms with E-state index in [9.17, 15) is 9.59 Å². The molecule has 80 valence electrons. The molecule has 14 heavy (non-hydrogen) atoms. The fourth-order valence-corrected chi connectivity index (χ4v) is 1.58. The maximum absolute atomic E-state index is 11.1. The summed E-state index contributed by atoms with van der Waals surface area (Å²) in [6.45, 7) is 1.58. The number of hydrogen-bond acceptors (Lipinski definition) is 5. The number of carbonyl (C=O) groups excluding carboxylic acids is 2. The van der Waals surface area contributed by atoms with Crippen molar-refractivity contribution < 1.29 is 19.1 Å². The first-order chi connectivity index (χ1) is 6.67. The topological polar surface area (TPSA) is 55.8 Å². The third-order valence-electron chi connectivity index (χ3n) is 2.39. The van der Waals surface area contributed by atoms with Crippen molar-refractivity contribution in [1.82, 2.24) is 4.90 Å². The van der Waals surface area contributed by atoms with Gasteiger partial charge in [-0.2, -0.15) is 0 Å². The van der Waals surface area contributed by atoms with Crippen LogP contribution in [0.3, 0.4) is 0 Å². The van der Waals surface area contributed by atoms with E-state index in [4.69, 9.17) is 0 Å². The summed E-state index contributed by atoms with van der Waals surface area (Å²) in [7, 11) is 2.74. The van der Waals surface area contributed by atoms with Gasteiger partial charge in [0.2, 0.25) is 0 Å². The average Bonchev–Trinajstić information content (AvgIpc) is 2.65. The predicted octanol–water partition coefficient (Wildman–Crippen LogP) is -0.346. The fraction of sp³-hybridized carbons (Fsp3) is 0.778. The second kappa shape index (κ2) is 4.95. The molecule has 1 aliphatic rings. The normalized spacial score (nSPS) is 22.0. The molecular weight excluding hydrogens is 186 g/mol. The first-order valence-electron chi connectivity index (χ1n) is 4.54. The SMILES string of the molecule is COC(=O)CN1CC[C@H](C(=O)OC)C1. The molecule has 0 N–H and O–H groups in total. The molecule has 5 heteroatoms. The largest absolute Gasteiger partial charge is 0.469 e. The molecular formula is C9H15NO4. The zero-order valence-corrected chi connectivity index (χ0v) is 8.49. The molecule has 1 fully saturated rings. The second-order valence-corrected chi connectivity index (χ2v) is 3.32. The van der Waals surface area contributed by atoms with Crippen LogP contribution >= 0.6 is 0 Å². The van der Waals surface area contributed by atoms with Crippen LogP contribution in [-0.4, -0.2) is 50.7 Å². The maximum Gasteiger partial charge on any atom is 0.319 e. The highest BCUT2D eigenvalue weighted by Gasteiger charge is 2.29. The molecule has 0 amide bonds. The van der Waals surface area contributed by atoms with E-state index in [0.717, 1.165) is 13.0 Å². The lowest BCUT2D eigenvalue weighted by Crippen LogP contribution is -2.29. The van der Waals surface area contributed by atoms with Crippen molar-refractivity contribution in [2.24, 2.45) is 5.92 Å². The van der Waals surface area contributed by atoms with E-state index in [0.29, 0.717) is 6.54 Å². The van der Waals surface area contributed by atoms with Crippen molar-refractivity contribution in [2.75, 3.05) is 33.9 Å².